The zero-order valence-corrected chi connectivity index (χ0v) is 24.9. The quantitative estimate of drug-likeness (QED) is 0.298. The Bertz CT molecular complexity index is 1390. The molecular weight excluding hydrogens is 534 g/mol. The molecule has 1 atom stereocenters. The second-order valence-electron chi connectivity index (χ2n) is 10.5. The number of para-hydroxylation sites is 1. The van der Waals surface area contributed by atoms with Gasteiger partial charge in [-0.1, -0.05) is 93.4 Å². The molecule has 1 saturated carbocycles. The van der Waals surface area contributed by atoms with Gasteiger partial charge in [0.05, 0.1) is 10.6 Å². The molecule has 2 amide bonds. The van der Waals surface area contributed by atoms with Crippen molar-refractivity contribution in [1.29, 1.82) is 0 Å². The van der Waals surface area contributed by atoms with Gasteiger partial charge in [0.1, 0.15) is 12.6 Å². The van der Waals surface area contributed by atoms with Gasteiger partial charge in [-0.05, 0) is 61.4 Å². The molecule has 0 bridgehead atoms. The van der Waals surface area contributed by atoms with Crippen molar-refractivity contribution in [2.24, 2.45) is 0 Å². The lowest BCUT2D eigenvalue weighted by atomic mass is 10.1. The van der Waals surface area contributed by atoms with E-state index in [1.165, 1.54) is 4.31 Å². The van der Waals surface area contributed by atoms with E-state index < -0.39 is 28.5 Å². The third kappa shape index (κ3) is 7.55. The molecule has 41 heavy (non-hydrogen) atoms. The van der Waals surface area contributed by atoms with Crippen LogP contribution < -0.4 is 9.62 Å². The normalized spacial score (nSPS) is 14.4. The Kier molecular flexibility index (Phi) is 10.6. The molecule has 0 unspecified atom stereocenters. The minimum atomic E-state index is -4.07. The Morgan fingerprint density at radius 2 is 1.49 bits per heavy atom. The highest BCUT2D eigenvalue weighted by atomic mass is 32.2. The van der Waals surface area contributed by atoms with Gasteiger partial charge in [-0.3, -0.25) is 13.9 Å². The molecule has 0 aromatic heterocycles. The number of nitrogens with one attached hydrogen (secondary N) is 1. The number of rotatable bonds is 13. The number of sulfonamides is 1. The van der Waals surface area contributed by atoms with Gasteiger partial charge in [0.15, 0.2) is 0 Å². The van der Waals surface area contributed by atoms with Gasteiger partial charge < -0.3 is 10.2 Å². The van der Waals surface area contributed by atoms with Crippen molar-refractivity contribution in [2.45, 2.75) is 75.8 Å². The molecule has 0 spiro atoms. The lowest BCUT2D eigenvalue weighted by molar-refractivity contribution is -0.139. The monoisotopic (exact) mass is 575 g/mol. The molecule has 0 saturated heterocycles. The molecule has 0 aliphatic heterocycles. The van der Waals surface area contributed by atoms with E-state index >= 15 is 0 Å². The molecule has 3 aromatic rings. The first-order valence-corrected chi connectivity index (χ1v) is 16.1. The number of anilines is 1. The fourth-order valence-electron chi connectivity index (χ4n) is 5.55. The van der Waals surface area contributed by atoms with Crippen LogP contribution >= 0.6 is 0 Å². The lowest BCUT2D eigenvalue weighted by Crippen LogP contribution is -2.54. The molecule has 0 heterocycles. The Morgan fingerprint density at radius 3 is 2.12 bits per heavy atom. The Hall–Kier alpha value is -3.65. The van der Waals surface area contributed by atoms with Crippen LogP contribution in [-0.2, 0) is 32.5 Å². The second kappa shape index (κ2) is 14.3. The largest absolute Gasteiger partial charge is 0.352 e. The molecule has 1 N–H and O–H groups in total. The van der Waals surface area contributed by atoms with Gasteiger partial charge in [0.2, 0.25) is 11.8 Å². The number of aryl methyl sites for hydroxylation is 1. The summed E-state index contributed by atoms with van der Waals surface area (Å²) in [6.45, 7) is 3.75. The van der Waals surface area contributed by atoms with E-state index in [9.17, 15) is 18.0 Å². The van der Waals surface area contributed by atoms with Crippen molar-refractivity contribution in [2.75, 3.05) is 17.4 Å². The molecule has 3 aromatic carbocycles. The fourth-order valence-corrected chi connectivity index (χ4v) is 7.02. The maximum atomic E-state index is 14.2. The molecule has 7 nitrogen and oxygen atoms in total. The van der Waals surface area contributed by atoms with Crippen LogP contribution in [0.25, 0.3) is 0 Å². The van der Waals surface area contributed by atoms with Crippen LogP contribution in [0.4, 0.5) is 5.69 Å². The minimum absolute atomic E-state index is 0.112. The van der Waals surface area contributed by atoms with E-state index in [0.717, 1.165) is 36.8 Å². The third-order valence-corrected chi connectivity index (χ3v) is 9.60. The van der Waals surface area contributed by atoms with Crippen LogP contribution in [-0.4, -0.2) is 50.3 Å². The first-order valence-electron chi connectivity index (χ1n) is 14.6. The summed E-state index contributed by atoms with van der Waals surface area (Å²) >= 11 is 0. The summed E-state index contributed by atoms with van der Waals surface area (Å²) in [5.41, 5.74) is 2.33. The number of benzene rings is 3. The molecule has 218 valence electrons. The Labute approximate surface area is 244 Å². The summed E-state index contributed by atoms with van der Waals surface area (Å²) in [6.07, 6.45) is 5.63. The second-order valence-corrected chi connectivity index (χ2v) is 12.4. The summed E-state index contributed by atoms with van der Waals surface area (Å²) in [6, 6.07) is 24.7. The molecule has 1 aliphatic rings. The maximum Gasteiger partial charge on any atom is 0.264 e. The highest BCUT2D eigenvalue weighted by Crippen LogP contribution is 2.28. The first kappa shape index (κ1) is 30.3. The van der Waals surface area contributed by atoms with E-state index in [2.05, 4.69) is 5.32 Å². The van der Waals surface area contributed by atoms with Gasteiger partial charge >= 0.3 is 0 Å². The van der Waals surface area contributed by atoms with Crippen LogP contribution in [0.2, 0.25) is 0 Å². The van der Waals surface area contributed by atoms with E-state index in [4.69, 9.17) is 0 Å². The number of carbonyl (C=O) groups is 2. The maximum absolute atomic E-state index is 14.2. The zero-order chi connectivity index (χ0) is 29.2. The van der Waals surface area contributed by atoms with Crippen LogP contribution in [0.3, 0.4) is 0 Å². The number of hydrogen-bond acceptors (Lipinski definition) is 4. The van der Waals surface area contributed by atoms with Crippen LogP contribution in [0, 0.1) is 0 Å². The van der Waals surface area contributed by atoms with Crippen LogP contribution in [0.15, 0.2) is 89.8 Å². The highest BCUT2D eigenvalue weighted by Gasteiger charge is 2.34. The molecule has 8 heteroatoms. The molecular formula is C33H41N3O4S. The smallest absolute Gasteiger partial charge is 0.264 e. The number of carbonyl (C=O) groups excluding carboxylic acids is 2. The molecule has 0 radical (unpaired) electrons. The Morgan fingerprint density at radius 1 is 0.878 bits per heavy atom. The van der Waals surface area contributed by atoms with E-state index in [1.54, 1.807) is 47.4 Å². The van der Waals surface area contributed by atoms with E-state index in [0.29, 0.717) is 31.5 Å². The summed E-state index contributed by atoms with van der Waals surface area (Å²) < 4.78 is 29.2. The van der Waals surface area contributed by atoms with Crippen molar-refractivity contribution in [3.05, 3.63) is 96.1 Å². The molecule has 1 fully saturated rings. The Balaban J connectivity index is 1.69. The van der Waals surface area contributed by atoms with Gasteiger partial charge in [0, 0.05) is 12.6 Å². The van der Waals surface area contributed by atoms with Crippen molar-refractivity contribution in [1.82, 2.24) is 10.2 Å². The molecule has 4 rings (SSSR count). The number of hydrogen-bond donors (Lipinski definition) is 1. The highest BCUT2D eigenvalue weighted by molar-refractivity contribution is 7.92. The van der Waals surface area contributed by atoms with Crippen molar-refractivity contribution in [3.8, 4) is 0 Å². The average Bonchev–Trinajstić information content (AvgIpc) is 3.51. The van der Waals surface area contributed by atoms with Gasteiger partial charge in [-0.15, -0.1) is 0 Å². The van der Waals surface area contributed by atoms with Crippen LogP contribution in [0.5, 0.6) is 0 Å². The van der Waals surface area contributed by atoms with E-state index in [-0.39, 0.29) is 16.8 Å². The zero-order valence-electron chi connectivity index (χ0n) is 24.0. The topological polar surface area (TPSA) is 86.8 Å². The van der Waals surface area contributed by atoms with Crippen molar-refractivity contribution < 1.29 is 18.0 Å². The summed E-state index contributed by atoms with van der Waals surface area (Å²) in [5, 5.41) is 3.16. The average molecular weight is 576 g/mol. The fraction of sp³-hybridized carbons (Fsp3) is 0.394. The van der Waals surface area contributed by atoms with Crippen LogP contribution in [0.1, 0.15) is 57.1 Å². The first-order chi connectivity index (χ1) is 19.8. The standard InChI is InChI=1S/C33H41N3O4S/c1-3-27-17-11-14-22-31(27)36(41(39,40)29-20-9-6-10-21-29)25-32(37)35(24-23-26-15-7-5-8-16-26)30(4-2)33(38)34-28-18-12-13-19-28/h5-11,14-17,20-22,28,30H,3-4,12-13,18-19,23-25H2,1-2H3,(H,34,38)/t30-/m0/s1. The summed E-state index contributed by atoms with van der Waals surface area (Å²) in [5.74, 6) is -0.577. The molecule has 1 aliphatic carbocycles. The van der Waals surface area contributed by atoms with Crippen molar-refractivity contribution >= 4 is 27.5 Å². The third-order valence-electron chi connectivity index (χ3n) is 7.82. The summed E-state index contributed by atoms with van der Waals surface area (Å²) in [7, 11) is -4.07. The SMILES string of the molecule is CCc1ccccc1N(CC(=O)N(CCc1ccccc1)[C@@H](CC)C(=O)NC1CCCC1)S(=O)(=O)c1ccccc1. The van der Waals surface area contributed by atoms with Gasteiger partial charge in [0.25, 0.3) is 10.0 Å². The summed E-state index contributed by atoms with van der Waals surface area (Å²) in [4.78, 5) is 29.4. The van der Waals surface area contributed by atoms with Crippen molar-refractivity contribution in [3.63, 3.8) is 0 Å². The number of nitrogens with zero attached hydrogens (tertiary/aromatic N) is 2. The lowest BCUT2D eigenvalue weighted by Gasteiger charge is -2.34. The minimum Gasteiger partial charge on any atom is -0.352 e. The predicted octanol–water partition coefficient (Wildman–Crippen LogP) is 5.35. The predicted molar refractivity (Wildman–Crippen MR) is 163 cm³/mol. The van der Waals surface area contributed by atoms with Gasteiger partial charge in [-0.25, -0.2) is 8.42 Å². The van der Waals surface area contributed by atoms with E-state index in [1.807, 2.05) is 56.3 Å². The number of amides is 2. The van der Waals surface area contributed by atoms with Gasteiger partial charge in [-0.2, -0.15) is 0 Å².